The van der Waals surface area contributed by atoms with Crippen molar-refractivity contribution in [3.05, 3.63) is 60.2 Å². The molecule has 0 amide bonds. The minimum absolute atomic E-state index is 0.755. The molecule has 1 heterocycles. The third-order valence-corrected chi connectivity index (χ3v) is 4.77. The Bertz CT molecular complexity index is 625. The van der Waals surface area contributed by atoms with Crippen molar-refractivity contribution in [2.75, 3.05) is 53.0 Å². The summed E-state index contributed by atoms with van der Waals surface area (Å²) >= 11 is 0. The number of piperazine rings is 1. The summed E-state index contributed by atoms with van der Waals surface area (Å²) in [7, 11) is 1.75. The standard InChI is InChI=1S/C21H28N2O2.C2H6/c1-24-21-10-6-5-7-19(21)11-12-22-13-15-23(16-14-22)17-18-25-20-8-3-2-4-9-20;1-2/h2-10H,11-18H2,1H3;1-2H3. The van der Waals surface area contributed by atoms with Crippen LogP contribution in [-0.4, -0.2) is 62.8 Å². The molecule has 0 saturated carbocycles. The number of hydrogen-bond donors (Lipinski definition) is 0. The van der Waals surface area contributed by atoms with E-state index in [0.29, 0.717) is 0 Å². The third kappa shape index (κ3) is 7.24. The molecule has 4 nitrogen and oxygen atoms in total. The van der Waals surface area contributed by atoms with Crippen LogP contribution in [0.2, 0.25) is 0 Å². The van der Waals surface area contributed by atoms with Crippen molar-refractivity contribution in [1.82, 2.24) is 9.80 Å². The monoisotopic (exact) mass is 370 g/mol. The summed E-state index contributed by atoms with van der Waals surface area (Å²) in [6, 6.07) is 18.4. The third-order valence-electron chi connectivity index (χ3n) is 4.77. The van der Waals surface area contributed by atoms with Crippen molar-refractivity contribution in [1.29, 1.82) is 0 Å². The first-order chi connectivity index (χ1) is 13.3. The first-order valence-corrected chi connectivity index (χ1v) is 10.1. The summed E-state index contributed by atoms with van der Waals surface area (Å²) in [6.45, 7) is 11.3. The summed E-state index contributed by atoms with van der Waals surface area (Å²) in [5.74, 6) is 1.96. The zero-order valence-electron chi connectivity index (χ0n) is 17.1. The van der Waals surface area contributed by atoms with Gasteiger partial charge in [-0.15, -0.1) is 0 Å². The van der Waals surface area contributed by atoms with Gasteiger partial charge in [0.05, 0.1) is 7.11 Å². The predicted octanol–water partition coefficient (Wildman–Crippen LogP) is 3.96. The van der Waals surface area contributed by atoms with Crippen LogP contribution >= 0.6 is 0 Å². The second-order valence-electron chi connectivity index (χ2n) is 6.41. The number of para-hydroxylation sites is 2. The van der Waals surface area contributed by atoms with Crippen LogP contribution < -0.4 is 9.47 Å². The van der Waals surface area contributed by atoms with Crippen LogP contribution in [0, 0.1) is 0 Å². The molecule has 1 saturated heterocycles. The quantitative estimate of drug-likeness (QED) is 0.702. The molecule has 3 rings (SSSR count). The topological polar surface area (TPSA) is 24.9 Å². The maximum absolute atomic E-state index is 5.80. The Labute approximate surface area is 164 Å². The van der Waals surface area contributed by atoms with Gasteiger partial charge in [0, 0.05) is 39.3 Å². The molecule has 1 fully saturated rings. The molecule has 2 aromatic rings. The second kappa shape index (κ2) is 12.4. The molecule has 1 aliphatic rings. The normalized spacial score (nSPS) is 14.9. The van der Waals surface area contributed by atoms with Crippen molar-refractivity contribution in [2.45, 2.75) is 20.3 Å². The average Bonchev–Trinajstić information content (AvgIpc) is 2.75. The van der Waals surface area contributed by atoms with Crippen LogP contribution in [0.5, 0.6) is 11.5 Å². The van der Waals surface area contributed by atoms with Crippen molar-refractivity contribution in [2.24, 2.45) is 0 Å². The van der Waals surface area contributed by atoms with E-state index in [1.165, 1.54) is 5.56 Å². The van der Waals surface area contributed by atoms with E-state index in [1.807, 2.05) is 56.3 Å². The zero-order valence-corrected chi connectivity index (χ0v) is 17.1. The highest BCUT2D eigenvalue weighted by atomic mass is 16.5. The highest BCUT2D eigenvalue weighted by molar-refractivity contribution is 5.33. The Morgan fingerprint density at radius 2 is 1.37 bits per heavy atom. The van der Waals surface area contributed by atoms with Crippen molar-refractivity contribution in [3.63, 3.8) is 0 Å². The molecule has 4 heteroatoms. The van der Waals surface area contributed by atoms with E-state index in [4.69, 9.17) is 9.47 Å². The van der Waals surface area contributed by atoms with Gasteiger partial charge in [0.2, 0.25) is 0 Å². The van der Waals surface area contributed by atoms with Crippen molar-refractivity contribution >= 4 is 0 Å². The number of ether oxygens (including phenoxy) is 2. The summed E-state index contributed by atoms with van der Waals surface area (Å²) in [5, 5.41) is 0. The maximum Gasteiger partial charge on any atom is 0.122 e. The van der Waals surface area contributed by atoms with E-state index in [1.54, 1.807) is 7.11 Å². The molecule has 2 aromatic carbocycles. The SMILES string of the molecule is CC.COc1ccccc1CCN1CCN(CCOc2ccccc2)CC1. The first-order valence-electron chi connectivity index (χ1n) is 10.1. The Morgan fingerprint density at radius 1 is 0.778 bits per heavy atom. The lowest BCUT2D eigenvalue weighted by atomic mass is 10.1. The molecule has 0 unspecified atom stereocenters. The van der Waals surface area contributed by atoms with Gasteiger partial charge in [0.1, 0.15) is 18.1 Å². The first kappa shape index (κ1) is 21.3. The van der Waals surface area contributed by atoms with E-state index >= 15 is 0 Å². The van der Waals surface area contributed by atoms with E-state index in [2.05, 4.69) is 21.9 Å². The Morgan fingerprint density at radius 3 is 2.04 bits per heavy atom. The van der Waals surface area contributed by atoms with Gasteiger partial charge in [-0.25, -0.2) is 0 Å². The van der Waals surface area contributed by atoms with Gasteiger partial charge >= 0.3 is 0 Å². The lowest BCUT2D eigenvalue weighted by Gasteiger charge is -2.34. The van der Waals surface area contributed by atoms with Crippen LogP contribution in [0.4, 0.5) is 0 Å². The van der Waals surface area contributed by atoms with Gasteiger partial charge in [-0.05, 0) is 30.2 Å². The Balaban J connectivity index is 0.00000126. The Hall–Kier alpha value is -2.04. The van der Waals surface area contributed by atoms with Crippen LogP contribution in [0.25, 0.3) is 0 Å². The van der Waals surface area contributed by atoms with Gasteiger partial charge in [0.15, 0.2) is 0 Å². The van der Waals surface area contributed by atoms with Crippen LogP contribution in [0.3, 0.4) is 0 Å². The molecular formula is C23H34N2O2. The summed E-state index contributed by atoms with van der Waals surface area (Å²) < 4.78 is 11.2. The van der Waals surface area contributed by atoms with E-state index < -0.39 is 0 Å². The molecule has 0 spiro atoms. The maximum atomic E-state index is 5.80. The smallest absolute Gasteiger partial charge is 0.122 e. The van der Waals surface area contributed by atoms with Crippen molar-refractivity contribution < 1.29 is 9.47 Å². The summed E-state index contributed by atoms with van der Waals surface area (Å²) in [6.07, 6.45) is 1.04. The largest absolute Gasteiger partial charge is 0.496 e. The zero-order chi connectivity index (χ0) is 19.3. The highest BCUT2D eigenvalue weighted by Gasteiger charge is 2.16. The lowest BCUT2D eigenvalue weighted by molar-refractivity contribution is 0.117. The Kier molecular flexibility index (Phi) is 9.74. The van der Waals surface area contributed by atoms with Gasteiger partial charge < -0.3 is 14.4 Å². The fourth-order valence-electron chi connectivity index (χ4n) is 3.23. The minimum Gasteiger partial charge on any atom is -0.496 e. The number of hydrogen-bond acceptors (Lipinski definition) is 4. The van der Waals surface area contributed by atoms with Crippen LogP contribution in [0.1, 0.15) is 19.4 Å². The molecule has 148 valence electrons. The average molecular weight is 371 g/mol. The molecule has 0 aromatic heterocycles. The number of methoxy groups -OCH3 is 1. The molecule has 0 bridgehead atoms. The molecule has 0 atom stereocenters. The van der Waals surface area contributed by atoms with E-state index in [-0.39, 0.29) is 0 Å². The molecule has 1 aliphatic heterocycles. The summed E-state index contributed by atoms with van der Waals surface area (Å²) in [4.78, 5) is 5.03. The molecule has 27 heavy (non-hydrogen) atoms. The molecule has 0 radical (unpaired) electrons. The highest BCUT2D eigenvalue weighted by Crippen LogP contribution is 2.18. The minimum atomic E-state index is 0.755. The number of benzene rings is 2. The fraction of sp³-hybridized carbons (Fsp3) is 0.478. The van der Waals surface area contributed by atoms with Crippen LogP contribution in [0.15, 0.2) is 54.6 Å². The fourth-order valence-corrected chi connectivity index (χ4v) is 3.23. The predicted molar refractivity (Wildman–Crippen MR) is 113 cm³/mol. The van der Waals surface area contributed by atoms with Gasteiger partial charge in [0.25, 0.3) is 0 Å². The van der Waals surface area contributed by atoms with Crippen LogP contribution in [-0.2, 0) is 6.42 Å². The van der Waals surface area contributed by atoms with E-state index in [0.717, 1.165) is 63.8 Å². The van der Waals surface area contributed by atoms with Gasteiger partial charge in [-0.3, -0.25) is 4.90 Å². The van der Waals surface area contributed by atoms with E-state index in [9.17, 15) is 0 Å². The van der Waals surface area contributed by atoms with Crippen molar-refractivity contribution in [3.8, 4) is 11.5 Å². The summed E-state index contributed by atoms with van der Waals surface area (Å²) in [5.41, 5.74) is 1.30. The number of nitrogens with zero attached hydrogens (tertiary/aromatic N) is 2. The van der Waals surface area contributed by atoms with Gasteiger partial charge in [-0.1, -0.05) is 50.2 Å². The number of rotatable bonds is 8. The molecule has 0 aliphatic carbocycles. The molecule has 0 N–H and O–H groups in total. The molecular weight excluding hydrogens is 336 g/mol. The van der Waals surface area contributed by atoms with Gasteiger partial charge in [-0.2, -0.15) is 0 Å². The second-order valence-corrected chi connectivity index (χ2v) is 6.41. The lowest BCUT2D eigenvalue weighted by Crippen LogP contribution is -2.47.